The lowest BCUT2D eigenvalue weighted by molar-refractivity contribution is 0.0717. The van der Waals surface area contributed by atoms with Gasteiger partial charge in [0.15, 0.2) is 11.6 Å². The quantitative estimate of drug-likeness (QED) is 0.902. The molecule has 1 aliphatic carbocycles. The van der Waals surface area contributed by atoms with Crippen LogP contribution in [-0.4, -0.2) is 19.2 Å². The standard InChI is InChI=1S/C17H26FNO/c1-11(2)13-6-8-15(19-4)17(10-13)20-16-9-12(3)5-7-14(16)18/h5,7,9,11,13,15,17,19H,6,8,10H2,1-4H3. The second-order valence-corrected chi connectivity index (χ2v) is 6.30. The highest BCUT2D eigenvalue weighted by atomic mass is 19.1. The minimum absolute atomic E-state index is 0.0532. The average molecular weight is 279 g/mol. The number of ether oxygens (including phenoxy) is 1. The van der Waals surface area contributed by atoms with Crippen LogP contribution >= 0.6 is 0 Å². The van der Waals surface area contributed by atoms with E-state index in [1.54, 1.807) is 12.1 Å². The third-order valence-corrected chi connectivity index (χ3v) is 4.51. The van der Waals surface area contributed by atoms with Crippen molar-refractivity contribution in [1.82, 2.24) is 5.32 Å². The SMILES string of the molecule is CNC1CCC(C(C)C)CC1Oc1cc(C)ccc1F. The van der Waals surface area contributed by atoms with Gasteiger partial charge in [-0.2, -0.15) is 0 Å². The fourth-order valence-electron chi connectivity index (χ4n) is 3.09. The normalized spacial score (nSPS) is 26.8. The number of benzene rings is 1. The van der Waals surface area contributed by atoms with Crippen molar-refractivity contribution in [2.75, 3.05) is 7.05 Å². The molecule has 1 aliphatic rings. The van der Waals surface area contributed by atoms with Crippen molar-refractivity contribution in [3.8, 4) is 5.75 Å². The second-order valence-electron chi connectivity index (χ2n) is 6.30. The molecule has 1 N–H and O–H groups in total. The van der Waals surface area contributed by atoms with Crippen molar-refractivity contribution in [1.29, 1.82) is 0 Å². The molecule has 0 aliphatic heterocycles. The molecule has 0 radical (unpaired) electrons. The molecule has 1 saturated carbocycles. The van der Waals surface area contributed by atoms with Gasteiger partial charge in [0.2, 0.25) is 0 Å². The monoisotopic (exact) mass is 279 g/mol. The highest BCUT2D eigenvalue weighted by Crippen LogP contribution is 2.33. The van der Waals surface area contributed by atoms with Crippen molar-refractivity contribution in [2.45, 2.75) is 52.2 Å². The highest BCUT2D eigenvalue weighted by Gasteiger charge is 2.32. The Hall–Kier alpha value is -1.09. The van der Waals surface area contributed by atoms with Gasteiger partial charge in [-0.05, 0) is 62.8 Å². The number of rotatable bonds is 4. The summed E-state index contributed by atoms with van der Waals surface area (Å²) < 4.78 is 19.9. The summed E-state index contributed by atoms with van der Waals surface area (Å²) in [5, 5.41) is 3.32. The molecule has 1 fully saturated rings. The van der Waals surface area contributed by atoms with Gasteiger partial charge in [0.05, 0.1) is 0 Å². The van der Waals surface area contributed by atoms with Gasteiger partial charge in [-0.15, -0.1) is 0 Å². The van der Waals surface area contributed by atoms with E-state index < -0.39 is 0 Å². The van der Waals surface area contributed by atoms with Gasteiger partial charge in [0.1, 0.15) is 6.10 Å². The Balaban J connectivity index is 2.13. The highest BCUT2D eigenvalue weighted by molar-refractivity contribution is 5.29. The van der Waals surface area contributed by atoms with Crippen molar-refractivity contribution in [3.63, 3.8) is 0 Å². The zero-order valence-electron chi connectivity index (χ0n) is 12.9. The number of hydrogen-bond donors (Lipinski definition) is 1. The number of hydrogen-bond acceptors (Lipinski definition) is 2. The van der Waals surface area contributed by atoms with E-state index in [4.69, 9.17) is 4.74 Å². The Morgan fingerprint density at radius 1 is 1.30 bits per heavy atom. The maximum atomic E-state index is 13.9. The van der Waals surface area contributed by atoms with Crippen molar-refractivity contribution < 1.29 is 9.13 Å². The molecule has 3 atom stereocenters. The van der Waals surface area contributed by atoms with Gasteiger partial charge in [-0.25, -0.2) is 4.39 Å². The van der Waals surface area contributed by atoms with Gasteiger partial charge < -0.3 is 10.1 Å². The molecule has 2 nitrogen and oxygen atoms in total. The predicted molar refractivity (Wildman–Crippen MR) is 80.6 cm³/mol. The summed E-state index contributed by atoms with van der Waals surface area (Å²) in [6.45, 7) is 6.48. The molecule has 0 amide bonds. The average Bonchev–Trinajstić information content (AvgIpc) is 2.42. The third-order valence-electron chi connectivity index (χ3n) is 4.51. The van der Waals surface area contributed by atoms with Crippen molar-refractivity contribution in [3.05, 3.63) is 29.6 Å². The minimum Gasteiger partial charge on any atom is -0.486 e. The molecular weight excluding hydrogens is 253 g/mol. The van der Waals surface area contributed by atoms with E-state index in [0.717, 1.165) is 18.4 Å². The lowest BCUT2D eigenvalue weighted by atomic mass is 9.78. The Bertz CT molecular complexity index is 447. The summed E-state index contributed by atoms with van der Waals surface area (Å²) in [4.78, 5) is 0. The van der Waals surface area contributed by atoms with Crippen LogP contribution in [0.1, 0.15) is 38.7 Å². The summed E-state index contributed by atoms with van der Waals surface area (Å²) >= 11 is 0. The first-order valence-electron chi connectivity index (χ1n) is 7.61. The van der Waals surface area contributed by atoms with E-state index >= 15 is 0 Å². The lowest BCUT2D eigenvalue weighted by Crippen LogP contribution is -2.46. The zero-order valence-corrected chi connectivity index (χ0v) is 12.9. The maximum absolute atomic E-state index is 13.9. The molecule has 1 aromatic rings. The van der Waals surface area contributed by atoms with Crippen LogP contribution in [0.3, 0.4) is 0 Å². The molecule has 20 heavy (non-hydrogen) atoms. The largest absolute Gasteiger partial charge is 0.486 e. The number of likely N-dealkylation sites (N-methyl/N-ethyl adjacent to an activating group) is 1. The van der Waals surface area contributed by atoms with E-state index in [1.807, 2.05) is 14.0 Å². The molecular formula is C17H26FNO. The number of nitrogens with one attached hydrogen (secondary N) is 1. The summed E-state index contributed by atoms with van der Waals surface area (Å²) in [5.74, 6) is 1.44. The lowest BCUT2D eigenvalue weighted by Gasteiger charge is -2.37. The Labute approximate surface area is 121 Å². The first-order valence-corrected chi connectivity index (χ1v) is 7.61. The maximum Gasteiger partial charge on any atom is 0.165 e. The van der Waals surface area contributed by atoms with Crippen molar-refractivity contribution >= 4 is 0 Å². The van der Waals surface area contributed by atoms with Crippen LogP contribution in [0.4, 0.5) is 4.39 Å². The predicted octanol–water partition coefficient (Wildman–Crippen LogP) is 3.93. The second kappa shape index (κ2) is 6.57. The van der Waals surface area contributed by atoms with E-state index in [0.29, 0.717) is 23.6 Å². The van der Waals surface area contributed by atoms with Gasteiger partial charge in [-0.3, -0.25) is 0 Å². The van der Waals surface area contributed by atoms with Gasteiger partial charge in [0.25, 0.3) is 0 Å². The first-order chi connectivity index (χ1) is 9.51. The number of aryl methyl sites for hydroxylation is 1. The summed E-state index contributed by atoms with van der Waals surface area (Å²) in [6.07, 6.45) is 3.37. The zero-order chi connectivity index (χ0) is 14.7. The summed E-state index contributed by atoms with van der Waals surface area (Å²) in [5.41, 5.74) is 1.03. The Kier molecular flexibility index (Phi) is 5.03. The van der Waals surface area contributed by atoms with Crippen LogP contribution in [0.15, 0.2) is 18.2 Å². The molecule has 1 aromatic carbocycles. The molecule has 112 valence electrons. The smallest absolute Gasteiger partial charge is 0.165 e. The third kappa shape index (κ3) is 3.51. The molecule has 0 bridgehead atoms. The van der Waals surface area contributed by atoms with Crippen LogP contribution in [0.5, 0.6) is 5.75 Å². The van der Waals surface area contributed by atoms with Crippen molar-refractivity contribution in [2.24, 2.45) is 11.8 Å². The fourth-order valence-corrected chi connectivity index (χ4v) is 3.09. The summed E-state index contributed by atoms with van der Waals surface area (Å²) in [7, 11) is 1.96. The molecule has 3 unspecified atom stereocenters. The molecule has 0 heterocycles. The first kappa shape index (κ1) is 15.3. The van der Waals surface area contributed by atoms with Crippen LogP contribution < -0.4 is 10.1 Å². The van der Waals surface area contributed by atoms with Crippen LogP contribution in [0.2, 0.25) is 0 Å². The van der Waals surface area contributed by atoms with Gasteiger partial charge in [-0.1, -0.05) is 19.9 Å². The van der Waals surface area contributed by atoms with E-state index in [-0.39, 0.29) is 11.9 Å². The molecule has 0 aromatic heterocycles. The summed E-state index contributed by atoms with van der Waals surface area (Å²) in [6, 6.07) is 5.36. The van der Waals surface area contributed by atoms with Gasteiger partial charge >= 0.3 is 0 Å². The molecule has 0 spiro atoms. The van der Waals surface area contributed by atoms with Crippen LogP contribution in [-0.2, 0) is 0 Å². The molecule has 0 saturated heterocycles. The van der Waals surface area contributed by atoms with E-state index in [2.05, 4.69) is 19.2 Å². The van der Waals surface area contributed by atoms with Crippen LogP contribution in [0, 0.1) is 24.6 Å². The van der Waals surface area contributed by atoms with Crippen LogP contribution in [0.25, 0.3) is 0 Å². The fraction of sp³-hybridized carbons (Fsp3) is 0.647. The topological polar surface area (TPSA) is 21.3 Å². The van der Waals surface area contributed by atoms with E-state index in [1.165, 1.54) is 12.5 Å². The minimum atomic E-state index is -0.267. The molecule has 2 rings (SSSR count). The Morgan fingerprint density at radius 3 is 2.70 bits per heavy atom. The number of halogens is 1. The Morgan fingerprint density at radius 2 is 2.05 bits per heavy atom. The van der Waals surface area contributed by atoms with Gasteiger partial charge in [0, 0.05) is 6.04 Å². The molecule has 3 heteroatoms. The van der Waals surface area contributed by atoms with E-state index in [9.17, 15) is 4.39 Å².